The molecule has 1 aliphatic carbocycles. The Bertz CT molecular complexity index is 554. The summed E-state index contributed by atoms with van der Waals surface area (Å²) in [6.07, 6.45) is 5.83. The molecule has 1 fully saturated rings. The van der Waals surface area contributed by atoms with Gasteiger partial charge in [-0.05, 0) is 37.3 Å². The van der Waals surface area contributed by atoms with Crippen molar-refractivity contribution >= 4 is 15.5 Å². The van der Waals surface area contributed by atoms with Crippen LogP contribution in [0, 0.1) is 5.92 Å². The summed E-state index contributed by atoms with van der Waals surface area (Å²) in [6.45, 7) is 2.17. The summed E-state index contributed by atoms with van der Waals surface area (Å²) in [7, 11) is -3.32. The van der Waals surface area contributed by atoms with Gasteiger partial charge in [0.25, 0.3) is 0 Å². The zero-order chi connectivity index (χ0) is 14.0. The number of para-hydroxylation sites is 1. The van der Waals surface area contributed by atoms with Crippen molar-refractivity contribution in [2.45, 2.75) is 43.6 Å². The van der Waals surface area contributed by atoms with Gasteiger partial charge in [0.15, 0.2) is 9.84 Å². The van der Waals surface area contributed by atoms with E-state index in [2.05, 4.69) is 6.92 Å². The Morgan fingerprint density at radius 2 is 1.95 bits per heavy atom. The molecule has 19 heavy (non-hydrogen) atoms. The lowest BCUT2D eigenvalue weighted by atomic mass is 9.88. The molecule has 0 bridgehead atoms. The first-order valence-electron chi connectivity index (χ1n) is 6.65. The van der Waals surface area contributed by atoms with Crippen LogP contribution in [0.15, 0.2) is 23.1 Å². The third kappa shape index (κ3) is 3.21. The topological polar surface area (TPSA) is 69.4 Å². The van der Waals surface area contributed by atoms with Crippen molar-refractivity contribution in [3.63, 3.8) is 0 Å². The molecular formula is C14H21NO3S. The Morgan fingerprint density at radius 3 is 2.58 bits per heavy atom. The average molecular weight is 283 g/mol. The monoisotopic (exact) mass is 283 g/mol. The summed E-state index contributed by atoms with van der Waals surface area (Å²) >= 11 is 0. The summed E-state index contributed by atoms with van der Waals surface area (Å²) in [5, 5.41) is 0. The Morgan fingerprint density at radius 1 is 1.26 bits per heavy atom. The number of hydrogen-bond acceptors (Lipinski definition) is 4. The summed E-state index contributed by atoms with van der Waals surface area (Å²) in [5.74, 6) is 0.969. The van der Waals surface area contributed by atoms with E-state index in [4.69, 9.17) is 10.5 Å². The highest BCUT2D eigenvalue weighted by molar-refractivity contribution is 7.90. The first-order valence-corrected chi connectivity index (χ1v) is 8.54. The van der Waals surface area contributed by atoms with Crippen LogP contribution < -0.4 is 10.5 Å². The number of hydrogen-bond donors (Lipinski definition) is 1. The first-order chi connectivity index (χ1) is 8.89. The minimum absolute atomic E-state index is 0.130. The molecule has 0 amide bonds. The van der Waals surface area contributed by atoms with Gasteiger partial charge in [-0.2, -0.15) is 0 Å². The van der Waals surface area contributed by atoms with Crippen molar-refractivity contribution in [3.05, 3.63) is 18.2 Å². The van der Waals surface area contributed by atoms with Crippen LogP contribution in [0.1, 0.15) is 32.6 Å². The van der Waals surface area contributed by atoms with Gasteiger partial charge in [0.2, 0.25) is 0 Å². The van der Waals surface area contributed by atoms with Gasteiger partial charge in [-0.25, -0.2) is 8.42 Å². The van der Waals surface area contributed by atoms with Crippen LogP contribution >= 0.6 is 0 Å². The highest BCUT2D eigenvalue weighted by atomic mass is 32.2. The molecule has 1 aliphatic rings. The maximum Gasteiger partial charge on any atom is 0.177 e. The molecule has 1 aromatic carbocycles. The lowest BCUT2D eigenvalue weighted by molar-refractivity contribution is 0.103. The van der Waals surface area contributed by atoms with Gasteiger partial charge in [-0.1, -0.05) is 19.4 Å². The average Bonchev–Trinajstić information content (AvgIpc) is 2.33. The van der Waals surface area contributed by atoms with E-state index in [1.165, 1.54) is 12.5 Å². The fourth-order valence-corrected chi connectivity index (χ4v) is 3.40. The van der Waals surface area contributed by atoms with Gasteiger partial charge in [-0.3, -0.25) is 0 Å². The second-order valence-corrected chi connectivity index (χ2v) is 7.34. The van der Waals surface area contributed by atoms with Crippen molar-refractivity contribution < 1.29 is 13.2 Å². The van der Waals surface area contributed by atoms with Crippen LogP contribution in [-0.2, 0) is 9.84 Å². The molecule has 2 rings (SSSR count). The molecule has 0 heterocycles. The molecule has 0 aromatic heterocycles. The van der Waals surface area contributed by atoms with Gasteiger partial charge < -0.3 is 10.5 Å². The number of anilines is 1. The van der Waals surface area contributed by atoms with E-state index >= 15 is 0 Å². The third-order valence-electron chi connectivity index (χ3n) is 3.74. The largest absolute Gasteiger partial charge is 0.488 e. The minimum atomic E-state index is -3.32. The van der Waals surface area contributed by atoms with Gasteiger partial charge in [-0.15, -0.1) is 0 Å². The summed E-state index contributed by atoms with van der Waals surface area (Å²) in [5.41, 5.74) is 6.15. The highest BCUT2D eigenvalue weighted by Crippen LogP contribution is 2.33. The van der Waals surface area contributed by atoms with Crippen LogP contribution in [0.4, 0.5) is 5.69 Å². The van der Waals surface area contributed by atoms with Crippen LogP contribution in [0.25, 0.3) is 0 Å². The van der Waals surface area contributed by atoms with E-state index in [1.54, 1.807) is 12.1 Å². The zero-order valence-electron chi connectivity index (χ0n) is 11.4. The number of sulfone groups is 1. The quantitative estimate of drug-likeness (QED) is 0.866. The summed E-state index contributed by atoms with van der Waals surface area (Å²) in [4.78, 5) is 0.147. The van der Waals surface area contributed by atoms with Crippen molar-refractivity contribution in [3.8, 4) is 5.75 Å². The Labute approximate surface area is 114 Å². The van der Waals surface area contributed by atoms with E-state index in [0.717, 1.165) is 25.5 Å². The number of benzene rings is 1. The second kappa shape index (κ2) is 5.41. The summed E-state index contributed by atoms with van der Waals surface area (Å²) in [6, 6.07) is 4.93. The van der Waals surface area contributed by atoms with Crippen molar-refractivity contribution in [2.75, 3.05) is 12.0 Å². The van der Waals surface area contributed by atoms with Crippen LogP contribution in [-0.4, -0.2) is 20.8 Å². The van der Waals surface area contributed by atoms with E-state index < -0.39 is 9.84 Å². The maximum atomic E-state index is 11.6. The van der Waals surface area contributed by atoms with Gasteiger partial charge in [0.05, 0.1) is 10.6 Å². The van der Waals surface area contributed by atoms with E-state index in [1.807, 2.05) is 0 Å². The number of rotatable bonds is 3. The molecule has 4 nitrogen and oxygen atoms in total. The molecule has 2 N–H and O–H groups in total. The Kier molecular flexibility index (Phi) is 4.04. The molecule has 5 heteroatoms. The van der Waals surface area contributed by atoms with E-state index in [-0.39, 0.29) is 16.7 Å². The van der Waals surface area contributed by atoms with Crippen molar-refractivity contribution in [1.82, 2.24) is 0 Å². The Hall–Kier alpha value is -1.23. The molecular weight excluding hydrogens is 262 g/mol. The molecule has 1 aromatic rings. The molecule has 0 aliphatic heterocycles. The highest BCUT2D eigenvalue weighted by Gasteiger charge is 2.24. The van der Waals surface area contributed by atoms with E-state index in [0.29, 0.717) is 11.7 Å². The molecule has 106 valence electrons. The van der Waals surface area contributed by atoms with Crippen LogP contribution in [0.2, 0.25) is 0 Å². The first kappa shape index (κ1) is 14.2. The standard InChI is InChI=1S/C14H21NO3S/c1-10-6-3-4-7-11(10)18-12-8-5-9-13(14(12)15)19(2,16)17/h5,8-11H,3-4,6-7,15H2,1-2H3. The molecule has 2 atom stereocenters. The fraction of sp³-hybridized carbons (Fsp3) is 0.571. The minimum Gasteiger partial charge on any atom is -0.488 e. The smallest absolute Gasteiger partial charge is 0.177 e. The van der Waals surface area contributed by atoms with Crippen LogP contribution in [0.5, 0.6) is 5.75 Å². The lowest BCUT2D eigenvalue weighted by Gasteiger charge is -2.29. The number of ether oxygens (including phenoxy) is 1. The molecule has 0 spiro atoms. The SMILES string of the molecule is CC1CCCCC1Oc1cccc(S(C)(=O)=O)c1N. The zero-order valence-corrected chi connectivity index (χ0v) is 12.2. The predicted octanol–water partition coefficient (Wildman–Crippen LogP) is 2.63. The second-order valence-electron chi connectivity index (χ2n) is 5.36. The molecule has 0 radical (unpaired) electrons. The van der Waals surface area contributed by atoms with Gasteiger partial charge in [0, 0.05) is 6.26 Å². The van der Waals surface area contributed by atoms with E-state index in [9.17, 15) is 8.42 Å². The van der Waals surface area contributed by atoms with Crippen molar-refractivity contribution in [1.29, 1.82) is 0 Å². The normalized spacial score (nSPS) is 24.1. The van der Waals surface area contributed by atoms with Gasteiger partial charge in [0.1, 0.15) is 11.9 Å². The Balaban J connectivity index is 2.26. The molecule has 0 saturated heterocycles. The lowest BCUT2D eigenvalue weighted by Crippen LogP contribution is -2.28. The molecule has 1 saturated carbocycles. The number of nitrogens with two attached hydrogens (primary N) is 1. The van der Waals surface area contributed by atoms with Crippen LogP contribution in [0.3, 0.4) is 0 Å². The number of nitrogen functional groups attached to an aromatic ring is 1. The summed E-state index contributed by atoms with van der Waals surface area (Å²) < 4.78 is 29.2. The molecule has 2 unspecified atom stereocenters. The van der Waals surface area contributed by atoms with Gasteiger partial charge >= 0.3 is 0 Å². The fourth-order valence-electron chi connectivity index (χ4n) is 2.57. The third-order valence-corrected chi connectivity index (χ3v) is 4.89. The predicted molar refractivity (Wildman–Crippen MR) is 76.0 cm³/mol. The van der Waals surface area contributed by atoms with Crippen molar-refractivity contribution in [2.24, 2.45) is 5.92 Å². The maximum absolute atomic E-state index is 11.6.